The fraction of sp³-hybridized carbons (Fsp3) is 0.400. The predicted octanol–water partition coefficient (Wildman–Crippen LogP) is 5.60. The van der Waals surface area contributed by atoms with Gasteiger partial charge in [-0.1, -0.05) is 35.5 Å². The summed E-state index contributed by atoms with van der Waals surface area (Å²) in [6.07, 6.45) is 0.788. The molecule has 0 radical (unpaired) electrons. The van der Waals surface area contributed by atoms with Crippen LogP contribution >= 0.6 is 23.4 Å². The minimum absolute atomic E-state index is 0.126. The van der Waals surface area contributed by atoms with Gasteiger partial charge in [-0.3, -0.25) is 14.2 Å². The van der Waals surface area contributed by atoms with Crippen LogP contribution in [-0.4, -0.2) is 33.4 Å². The predicted molar refractivity (Wildman–Crippen MR) is 137 cm³/mol. The molecule has 176 valence electrons. The number of carbonyl (C=O) groups is 1. The summed E-state index contributed by atoms with van der Waals surface area (Å²) in [6, 6.07) is 11.0. The lowest BCUT2D eigenvalue weighted by Gasteiger charge is -2.17. The molecule has 6 nitrogen and oxygen atoms in total. The molecule has 1 atom stereocenters. The molecule has 0 spiro atoms. The molecule has 0 saturated carbocycles. The molecule has 1 N–H and O–H groups in total. The molecule has 0 aliphatic carbocycles. The van der Waals surface area contributed by atoms with Gasteiger partial charge in [-0.15, -0.1) is 0 Å². The first kappa shape index (κ1) is 25.3. The van der Waals surface area contributed by atoms with E-state index in [2.05, 4.69) is 5.32 Å². The van der Waals surface area contributed by atoms with Gasteiger partial charge in [0.25, 0.3) is 5.56 Å². The van der Waals surface area contributed by atoms with Crippen LogP contribution in [0.2, 0.25) is 5.02 Å². The van der Waals surface area contributed by atoms with Crippen LogP contribution in [0.3, 0.4) is 0 Å². The van der Waals surface area contributed by atoms with Crippen molar-refractivity contribution >= 4 is 45.9 Å². The molecule has 0 fully saturated rings. The molecule has 0 bridgehead atoms. The van der Waals surface area contributed by atoms with E-state index in [4.69, 9.17) is 21.3 Å². The molecular weight excluding hydrogens is 458 g/mol. The highest BCUT2D eigenvalue weighted by Gasteiger charge is 2.20. The monoisotopic (exact) mass is 487 g/mol. The lowest BCUT2D eigenvalue weighted by molar-refractivity contribution is -0.115. The Balaban J connectivity index is 1.87. The van der Waals surface area contributed by atoms with Gasteiger partial charge in [-0.05, 0) is 76.4 Å². The van der Waals surface area contributed by atoms with Gasteiger partial charge in [0.05, 0.1) is 22.3 Å². The van der Waals surface area contributed by atoms with Crippen molar-refractivity contribution in [1.29, 1.82) is 0 Å². The van der Waals surface area contributed by atoms with Crippen molar-refractivity contribution in [3.63, 3.8) is 0 Å². The topological polar surface area (TPSA) is 73.2 Å². The first-order chi connectivity index (χ1) is 15.7. The van der Waals surface area contributed by atoms with Gasteiger partial charge in [0, 0.05) is 23.9 Å². The fourth-order valence-corrected chi connectivity index (χ4v) is 4.42. The summed E-state index contributed by atoms with van der Waals surface area (Å²) < 4.78 is 7.26. The van der Waals surface area contributed by atoms with Crippen molar-refractivity contribution in [3.8, 4) is 0 Å². The van der Waals surface area contributed by atoms with Gasteiger partial charge in [-0.25, -0.2) is 4.98 Å². The second kappa shape index (κ2) is 11.2. The number of aryl methyl sites for hydroxylation is 2. The molecule has 33 heavy (non-hydrogen) atoms. The zero-order chi connectivity index (χ0) is 24.1. The Labute approximate surface area is 203 Å². The maximum absolute atomic E-state index is 13.2. The highest BCUT2D eigenvalue weighted by atomic mass is 35.5. The van der Waals surface area contributed by atoms with Crippen molar-refractivity contribution in [3.05, 3.63) is 62.9 Å². The van der Waals surface area contributed by atoms with Gasteiger partial charge >= 0.3 is 0 Å². The quantitative estimate of drug-likeness (QED) is 0.241. The number of fused-ring (bicyclic) bond motifs is 1. The number of carbonyl (C=O) groups excluding carboxylic acids is 1. The van der Waals surface area contributed by atoms with Crippen molar-refractivity contribution in [2.75, 3.05) is 11.9 Å². The van der Waals surface area contributed by atoms with Crippen LogP contribution in [0.4, 0.5) is 5.69 Å². The number of amides is 1. The minimum Gasteiger partial charge on any atom is -0.379 e. The number of nitrogens with zero attached hydrogens (tertiary/aromatic N) is 2. The summed E-state index contributed by atoms with van der Waals surface area (Å²) in [7, 11) is 0. The Bertz CT molecular complexity index is 1210. The van der Waals surface area contributed by atoms with E-state index in [1.165, 1.54) is 11.8 Å². The van der Waals surface area contributed by atoms with E-state index in [1.54, 1.807) is 22.8 Å². The molecule has 3 aromatic rings. The zero-order valence-corrected chi connectivity index (χ0v) is 21.2. The van der Waals surface area contributed by atoms with Crippen LogP contribution in [0.5, 0.6) is 0 Å². The van der Waals surface area contributed by atoms with Crippen LogP contribution in [0, 0.1) is 13.8 Å². The molecule has 1 unspecified atom stereocenters. The Morgan fingerprint density at radius 2 is 1.94 bits per heavy atom. The molecule has 0 saturated heterocycles. The third-order valence-electron chi connectivity index (χ3n) is 5.16. The van der Waals surface area contributed by atoms with Gasteiger partial charge in [-0.2, -0.15) is 0 Å². The molecular formula is C25H30ClN3O3S. The number of hydrogen-bond donors (Lipinski definition) is 1. The van der Waals surface area contributed by atoms with Crippen LogP contribution in [0.25, 0.3) is 10.9 Å². The number of aromatic nitrogens is 2. The first-order valence-corrected chi connectivity index (χ1v) is 12.3. The summed E-state index contributed by atoms with van der Waals surface area (Å²) in [5, 5.41) is 4.03. The lowest BCUT2D eigenvalue weighted by Crippen LogP contribution is -2.27. The first-order valence-electron chi connectivity index (χ1n) is 11.0. The highest BCUT2D eigenvalue weighted by molar-refractivity contribution is 8.00. The van der Waals surface area contributed by atoms with E-state index < -0.39 is 5.25 Å². The highest BCUT2D eigenvalue weighted by Crippen LogP contribution is 2.26. The molecule has 0 aliphatic rings. The maximum atomic E-state index is 13.2. The maximum Gasteiger partial charge on any atom is 0.262 e. The van der Waals surface area contributed by atoms with E-state index in [-0.39, 0.29) is 17.6 Å². The molecule has 1 aromatic heterocycles. The Kier molecular flexibility index (Phi) is 8.57. The average Bonchev–Trinajstić information content (AvgIpc) is 2.75. The third-order valence-corrected chi connectivity index (χ3v) is 6.49. The number of benzene rings is 2. The van der Waals surface area contributed by atoms with Gasteiger partial charge in [0.1, 0.15) is 0 Å². The summed E-state index contributed by atoms with van der Waals surface area (Å²) in [5.74, 6) is -0.149. The third kappa shape index (κ3) is 6.59. The van der Waals surface area contributed by atoms with Crippen LogP contribution in [-0.2, 0) is 16.1 Å². The number of thioether (sulfide) groups is 1. The average molecular weight is 488 g/mol. The van der Waals surface area contributed by atoms with E-state index >= 15 is 0 Å². The number of nitrogens with one attached hydrogen (secondary N) is 1. The number of anilines is 1. The normalized spacial score (nSPS) is 12.3. The van der Waals surface area contributed by atoms with Crippen LogP contribution in [0.15, 0.2) is 46.3 Å². The number of ether oxygens (including phenoxy) is 1. The second-order valence-corrected chi connectivity index (χ2v) is 10.1. The van der Waals surface area contributed by atoms with Crippen molar-refractivity contribution in [1.82, 2.24) is 9.55 Å². The number of rotatable bonds is 9. The largest absolute Gasteiger partial charge is 0.379 e. The van der Waals surface area contributed by atoms with Crippen molar-refractivity contribution < 1.29 is 9.53 Å². The summed E-state index contributed by atoms with van der Waals surface area (Å²) in [4.78, 5) is 30.9. The van der Waals surface area contributed by atoms with Gasteiger partial charge in [0.15, 0.2) is 5.16 Å². The van der Waals surface area contributed by atoms with E-state index in [0.717, 1.165) is 16.8 Å². The Morgan fingerprint density at radius 3 is 2.67 bits per heavy atom. The Hall–Kier alpha value is -2.35. The van der Waals surface area contributed by atoms with Crippen LogP contribution < -0.4 is 10.9 Å². The SMILES string of the molecule is Cc1ccc(C)c(NC(=O)C(C)Sc2nc3cc(Cl)ccc3c(=O)n2CCCOC(C)C)c1. The van der Waals surface area contributed by atoms with Crippen molar-refractivity contribution in [2.45, 2.75) is 64.1 Å². The van der Waals surface area contributed by atoms with Gasteiger partial charge < -0.3 is 10.1 Å². The van der Waals surface area contributed by atoms with Gasteiger partial charge in [0.2, 0.25) is 5.91 Å². The van der Waals surface area contributed by atoms with E-state index in [1.807, 2.05) is 52.8 Å². The molecule has 0 aliphatic heterocycles. The van der Waals surface area contributed by atoms with Crippen molar-refractivity contribution in [2.24, 2.45) is 0 Å². The Morgan fingerprint density at radius 1 is 1.18 bits per heavy atom. The molecule has 3 rings (SSSR count). The lowest BCUT2D eigenvalue weighted by atomic mass is 10.1. The fourth-order valence-electron chi connectivity index (χ4n) is 3.32. The molecule has 2 aromatic carbocycles. The van der Waals surface area contributed by atoms with E-state index in [0.29, 0.717) is 40.7 Å². The second-order valence-electron chi connectivity index (χ2n) is 8.35. The van der Waals surface area contributed by atoms with Crippen LogP contribution in [0.1, 0.15) is 38.3 Å². The molecule has 1 heterocycles. The van der Waals surface area contributed by atoms with E-state index in [9.17, 15) is 9.59 Å². The number of halogens is 1. The molecule has 1 amide bonds. The zero-order valence-electron chi connectivity index (χ0n) is 19.6. The molecule has 8 heteroatoms. The summed E-state index contributed by atoms with van der Waals surface area (Å²) in [5.41, 5.74) is 3.22. The standard InChI is InChI=1S/C25H30ClN3O3S/c1-15(2)32-12-6-11-29-24(31)20-10-9-19(26)14-22(20)28-25(29)33-18(5)23(30)27-21-13-16(3)7-8-17(21)4/h7-10,13-15,18H,6,11-12H2,1-5H3,(H,27,30). The smallest absolute Gasteiger partial charge is 0.262 e. The summed E-state index contributed by atoms with van der Waals surface area (Å²) in [6.45, 7) is 10.7. The number of hydrogen-bond acceptors (Lipinski definition) is 5. The summed E-state index contributed by atoms with van der Waals surface area (Å²) >= 11 is 7.40. The minimum atomic E-state index is -0.466.